The Labute approximate surface area is 115 Å². The predicted octanol–water partition coefficient (Wildman–Crippen LogP) is 3.03. The fourth-order valence-electron chi connectivity index (χ4n) is 1.84. The minimum atomic E-state index is -4.68. The highest BCUT2D eigenvalue weighted by Crippen LogP contribution is 2.31. The van der Waals surface area contributed by atoms with Gasteiger partial charge in [-0.25, -0.2) is 0 Å². The molecule has 0 radical (unpaired) electrons. The molecule has 1 aromatic carbocycles. The molecular weight excluding hydrogens is 289 g/mol. The number of ether oxygens (including phenoxy) is 1. The third-order valence-corrected chi connectivity index (χ3v) is 2.68. The first-order valence-corrected chi connectivity index (χ1v) is 6.02. The summed E-state index contributed by atoms with van der Waals surface area (Å²) in [6.07, 6.45) is -4.68. The lowest BCUT2D eigenvalue weighted by atomic mass is 10.2. The lowest BCUT2D eigenvalue weighted by Gasteiger charge is -1.97. The lowest BCUT2D eigenvalue weighted by molar-refractivity contribution is -0.159. The fourth-order valence-corrected chi connectivity index (χ4v) is 1.84. The van der Waals surface area contributed by atoms with Crippen molar-refractivity contribution in [2.24, 2.45) is 0 Å². The minimum Gasteiger partial charge on any atom is -0.465 e. The van der Waals surface area contributed by atoms with E-state index in [1.807, 2.05) is 0 Å². The molecule has 0 amide bonds. The van der Waals surface area contributed by atoms with Gasteiger partial charge < -0.3 is 14.2 Å². The number of imidazole rings is 1. The summed E-state index contributed by atoms with van der Waals surface area (Å²) in [5.41, 5.74) is 1.35. The molecule has 0 atom stereocenters. The molecule has 0 aliphatic heterocycles. The number of aromatic amines is 1. The van der Waals surface area contributed by atoms with Gasteiger partial charge in [0.15, 0.2) is 0 Å². The Morgan fingerprint density at radius 1 is 1.29 bits per heavy atom. The molecule has 0 saturated heterocycles. The first-order chi connectivity index (χ1) is 9.99. The normalized spacial score (nSPS) is 12.0. The van der Waals surface area contributed by atoms with Gasteiger partial charge in [-0.1, -0.05) is 11.2 Å². The smallest absolute Gasteiger partial charge is 0.465 e. The van der Waals surface area contributed by atoms with Crippen molar-refractivity contribution < 1.29 is 22.4 Å². The topological polar surface area (TPSA) is 76.8 Å². The molecule has 3 rings (SSSR count). The summed E-state index contributed by atoms with van der Waals surface area (Å²) in [5, 5.41) is 3.36. The third kappa shape index (κ3) is 2.41. The van der Waals surface area contributed by atoms with Crippen molar-refractivity contribution in [1.82, 2.24) is 20.1 Å². The molecule has 0 bridgehead atoms. The van der Waals surface area contributed by atoms with E-state index in [0.29, 0.717) is 23.2 Å². The number of hydrogen-bond acceptors (Lipinski definition) is 5. The van der Waals surface area contributed by atoms with Crippen LogP contribution >= 0.6 is 0 Å². The van der Waals surface area contributed by atoms with Crippen molar-refractivity contribution in [3.05, 3.63) is 24.1 Å². The van der Waals surface area contributed by atoms with Crippen LogP contribution in [0.1, 0.15) is 12.8 Å². The van der Waals surface area contributed by atoms with Gasteiger partial charge in [-0.05, 0) is 19.1 Å². The fraction of sp³-hybridized carbons (Fsp3) is 0.250. The van der Waals surface area contributed by atoms with E-state index in [2.05, 4.69) is 24.6 Å². The summed E-state index contributed by atoms with van der Waals surface area (Å²) < 4.78 is 47.0. The number of para-hydroxylation sites is 1. The summed E-state index contributed by atoms with van der Waals surface area (Å²) in [4.78, 5) is 10.4. The maximum atomic E-state index is 12.5. The zero-order valence-corrected chi connectivity index (χ0v) is 10.7. The molecule has 6 nitrogen and oxygen atoms in total. The molecule has 0 aliphatic rings. The van der Waals surface area contributed by atoms with E-state index in [9.17, 15) is 13.2 Å². The van der Waals surface area contributed by atoms with E-state index in [0.717, 1.165) is 0 Å². The highest BCUT2D eigenvalue weighted by atomic mass is 19.4. The van der Waals surface area contributed by atoms with Gasteiger partial charge in [0.25, 0.3) is 6.01 Å². The number of halogens is 3. The zero-order chi connectivity index (χ0) is 15.0. The van der Waals surface area contributed by atoms with E-state index in [4.69, 9.17) is 4.74 Å². The number of aromatic nitrogens is 4. The number of fused-ring (bicyclic) bond motifs is 1. The van der Waals surface area contributed by atoms with Crippen molar-refractivity contribution in [3.63, 3.8) is 0 Å². The Balaban J connectivity index is 2.09. The second kappa shape index (κ2) is 4.76. The average molecular weight is 298 g/mol. The molecule has 21 heavy (non-hydrogen) atoms. The molecule has 9 heteroatoms. The molecule has 110 valence electrons. The summed E-state index contributed by atoms with van der Waals surface area (Å²) in [6, 6.07) is 5.21. The van der Waals surface area contributed by atoms with Crippen molar-refractivity contribution in [2.45, 2.75) is 13.1 Å². The van der Waals surface area contributed by atoms with Crippen LogP contribution in [0.15, 0.2) is 22.7 Å². The predicted molar refractivity (Wildman–Crippen MR) is 65.6 cm³/mol. The third-order valence-electron chi connectivity index (χ3n) is 2.68. The van der Waals surface area contributed by atoms with Gasteiger partial charge in [-0.3, -0.25) is 0 Å². The quantitative estimate of drug-likeness (QED) is 0.804. The monoisotopic (exact) mass is 298 g/mol. The second-order valence-electron chi connectivity index (χ2n) is 4.10. The Hall–Kier alpha value is -2.58. The average Bonchev–Trinajstić information content (AvgIpc) is 3.03. The first-order valence-electron chi connectivity index (χ1n) is 6.02. The number of benzene rings is 1. The first kappa shape index (κ1) is 13.4. The molecule has 0 aliphatic carbocycles. The maximum absolute atomic E-state index is 12.5. The molecular formula is C12H9F3N4O2. The molecule has 0 saturated carbocycles. The van der Waals surface area contributed by atoms with Gasteiger partial charge in [0, 0.05) is 0 Å². The number of H-pyrrole nitrogens is 1. The number of nitrogens with zero attached hydrogens (tertiary/aromatic N) is 3. The SMILES string of the molecule is CCOc1nc2c(-c3noc(C(F)(F)F)n3)cccc2[nH]1. The zero-order valence-electron chi connectivity index (χ0n) is 10.7. The number of hydrogen-bond donors (Lipinski definition) is 1. The van der Waals surface area contributed by atoms with Crippen LogP contribution in [0.4, 0.5) is 13.2 Å². The molecule has 0 fully saturated rings. The van der Waals surface area contributed by atoms with Gasteiger partial charge >= 0.3 is 12.1 Å². The summed E-state index contributed by atoms with van der Waals surface area (Å²) in [5.74, 6) is -1.57. The van der Waals surface area contributed by atoms with Gasteiger partial charge in [0.2, 0.25) is 5.82 Å². The van der Waals surface area contributed by atoms with Crippen LogP contribution in [-0.4, -0.2) is 26.7 Å². The Morgan fingerprint density at radius 2 is 2.10 bits per heavy atom. The number of alkyl halides is 3. The van der Waals surface area contributed by atoms with Gasteiger partial charge in [-0.2, -0.15) is 23.1 Å². The maximum Gasteiger partial charge on any atom is 0.471 e. The Bertz CT molecular complexity index is 778. The molecule has 0 spiro atoms. The highest BCUT2D eigenvalue weighted by Gasteiger charge is 2.38. The van der Waals surface area contributed by atoms with E-state index < -0.39 is 12.1 Å². The number of rotatable bonds is 3. The van der Waals surface area contributed by atoms with Crippen LogP contribution in [0.5, 0.6) is 6.01 Å². The van der Waals surface area contributed by atoms with E-state index in [-0.39, 0.29) is 11.8 Å². The summed E-state index contributed by atoms with van der Waals surface area (Å²) in [6.45, 7) is 2.21. The van der Waals surface area contributed by atoms with Crippen LogP contribution in [0.2, 0.25) is 0 Å². The summed E-state index contributed by atoms with van der Waals surface area (Å²) >= 11 is 0. The van der Waals surface area contributed by atoms with Crippen LogP contribution in [-0.2, 0) is 6.18 Å². The van der Waals surface area contributed by atoms with Crippen molar-refractivity contribution in [1.29, 1.82) is 0 Å². The van der Waals surface area contributed by atoms with Crippen LogP contribution in [0.3, 0.4) is 0 Å². The molecule has 2 aromatic heterocycles. The van der Waals surface area contributed by atoms with Crippen LogP contribution < -0.4 is 4.74 Å². The summed E-state index contributed by atoms with van der Waals surface area (Å²) in [7, 11) is 0. The van der Waals surface area contributed by atoms with Crippen molar-refractivity contribution in [2.75, 3.05) is 6.61 Å². The lowest BCUT2D eigenvalue weighted by Crippen LogP contribution is -2.04. The minimum absolute atomic E-state index is 0.178. The molecule has 3 aromatic rings. The van der Waals surface area contributed by atoms with Crippen molar-refractivity contribution in [3.8, 4) is 17.4 Å². The van der Waals surface area contributed by atoms with E-state index >= 15 is 0 Å². The highest BCUT2D eigenvalue weighted by molar-refractivity contribution is 5.90. The second-order valence-corrected chi connectivity index (χ2v) is 4.10. The Morgan fingerprint density at radius 3 is 2.76 bits per heavy atom. The van der Waals surface area contributed by atoms with E-state index in [1.54, 1.807) is 25.1 Å². The van der Waals surface area contributed by atoms with Crippen LogP contribution in [0.25, 0.3) is 22.4 Å². The van der Waals surface area contributed by atoms with Gasteiger partial charge in [-0.15, -0.1) is 0 Å². The molecule has 0 unspecified atom stereocenters. The standard InChI is InChI=1S/C12H9F3N4O2/c1-2-20-11-16-7-5-3-4-6(8(7)17-11)9-18-10(21-19-9)12(13,14)15/h3-5H,2H2,1H3,(H,16,17). The number of nitrogens with one attached hydrogen (secondary N) is 1. The molecule has 2 heterocycles. The molecule has 1 N–H and O–H groups in total. The van der Waals surface area contributed by atoms with Gasteiger partial charge in [0.05, 0.1) is 17.7 Å². The van der Waals surface area contributed by atoms with Crippen LogP contribution in [0, 0.1) is 0 Å². The van der Waals surface area contributed by atoms with Gasteiger partial charge in [0.1, 0.15) is 5.52 Å². The Kier molecular flexibility index (Phi) is 3.04. The van der Waals surface area contributed by atoms with E-state index in [1.165, 1.54) is 0 Å². The van der Waals surface area contributed by atoms with Crippen molar-refractivity contribution >= 4 is 11.0 Å². The largest absolute Gasteiger partial charge is 0.471 e.